The number of furan rings is 4. The van der Waals surface area contributed by atoms with E-state index in [-0.39, 0.29) is 18.3 Å². The summed E-state index contributed by atoms with van der Waals surface area (Å²) in [5.41, 5.74) is 28.5. The SMILES string of the molecule is Cc1cc(-c2c(C)ccc3c2oc2nc(C(C)(C)C)ccc23)[n+](C)cc1C.[2H]C([2H])([2H])C(C)(Cc1ccc2c(n1)oc1c(-c3cc(C)c(C)c[n+]3C)c(C)ccc12)C([2H])([2H])[2H].[2H]C([2H])([2H])C([2H])(C)Cc1ccc2c(n1)oc1c(-c3cc(C)c(C)c[n+]3C)c(C)ccc12.[2H]C1([2H])CCCC1([2H])c1ccc2c(n1)oc1c(-c3cc(C)c(C)c[n+]3C)c(C)ccc12. The summed E-state index contributed by atoms with van der Waals surface area (Å²) in [4.78, 5) is 18.7. The van der Waals surface area contributed by atoms with Crippen molar-refractivity contribution in [3.63, 3.8) is 0 Å². The Bertz CT molecular complexity index is 6920. The Balaban J connectivity index is 0.000000134. The molecular formula is C98H110N8O4+4. The predicted octanol–water partition coefficient (Wildman–Crippen LogP) is 23.3. The number of pyridine rings is 8. The largest absolute Gasteiger partial charge is 0.437 e. The molecular weight excluding hydrogens is 1350 g/mol. The average Bonchev–Trinajstić information content (AvgIpc) is 1.55. The molecule has 0 N–H and O–H groups in total. The lowest BCUT2D eigenvalue weighted by molar-refractivity contribution is -0.660. The number of hydrogen-bond acceptors (Lipinski definition) is 8. The first-order valence-corrected chi connectivity index (χ1v) is 38.0. The first-order valence-electron chi connectivity index (χ1n) is 44.5. The maximum absolute atomic E-state index is 8.83. The fraction of sp³-hybridized carbons (Fsp3) is 0.347. The van der Waals surface area contributed by atoms with Crippen molar-refractivity contribution in [2.75, 3.05) is 0 Å². The minimum absolute atomic E-state index is 0.00752. The highest BCUT2D eigenvalue weighted by atomic mass is 16.4. The predicted molar refractivity (Wildman–Crippen MR) is 451 cm³/mol. The van der Waals surface area contributed by atoms with Crippen molar-refractivity contribution in [3.05, 3.63) is 236 Å². The Kier molecular flexibility index (Phi) is 16.4. The summed E-state index contributed by atoms with van der Waals surface area (Å²) in [5.74, 6) is -2.95. The van der Waals surface area contributed by atoms with Crippen LogP contribution in [0, 0.1) is 94.4 Å². The zero-order valence-corrected chi connectivity index (χ0v) is 67.6. The number of rotatable bonds is 8. The van der Waals surface area contributed by atoms with Gasteiger partial charge in [0.1, 0.15) is 28.2 Å². The molecule has 0 radical (unpaired) electrons. The molecule has 0 saturated heterocycles. The number of nitrogens with zero attached hydrogens (tertiary/aromatic N) is 8. The molecule has 1 fully saturated rings. The quantitative estimate of drug-likeness (QED) is 0.138. The van der Waals surface area contributed by atoms with Crippen LogP contribution in [-0.2, 0) is 46.4 Å². The van der Waals surface area contributed by atoms with E-state index in [0.29, 0.717) is 59.1 Å². The summed E-state index contributed by atoms with van der Waals surface area (Å²) in [7, 11) is 8.18. The molecule has 2 unspecified atom stereocenters. The minimum Gasteiger partial charge on any atom is -0.437 e. The van der Waals surface area contributed by atoms with Gasteiger partial charge in [-0.2, -0.15) is 0 Å². The molecule has 0 spiro atoms. The van der Waals surface area contributed by atoms with E-state index in [0.717, 1.165) is 133 Å². The van der Waals surface area contributed by atoms with Crippen molar-refractivity contribution < 1.29 is 53.8 Å². The Labute approximate surface area is 667 Å². The maximum Gasteiger partial charge on any atom is 0.227 e. The number of fused-ring (bicyclic) bond motifs is 12. The third-order valence-electron chi connectivity index (χ3n) is 22.0. The average molecular weight is 1480 g/mol. The second kappa shape index (κ2) is 29.6. The van der Waals surface area contributed by atoms with Gasteiger partial charge < -0.3 is 17.7 Å². The standard InChI is InChI=1S/C25H27N2O.C25H29N2O.2C24H27N2O/c1-15-9-10-19-20-11-12-21(18-7-5-6-8-18)26-25(20)28-24(19)23(15)22-13-16(2)17(3)14-27(22)4;1-15-8-10-19-20-11-9-18(13-25(4,5)6)26-24(20)28-23(19)22(15)21-12-16(2)17(3)14-27(21)7;1-14-8-9-17-18-10-11-20(24(4,5)6)25-23(18)27-22(17)21(14)19-12-15(2)16(3)13-26(19)7;1-14(2)11-18-8-10-20-19-9-7-15(3)22(23(19)27-24(20)25-18)21-12-16(4)17(5)13-26(21)6/h9-14,18H,5-8H2,1-4H3;8-12,14H,13H2,1-7H3;8-13H,1-7H3;7-10,12-14H,11H2,1-6H3/q4*+1/i7D2,18D;4D3,5D3;;1D3,14D. The van der Waals surface area contributed by atoms with Gasteiger partial charge >= 0.3 is 0 Å². The Morgan fingerprint density at radius 1 is 0.418 bits per heavy atom. The van der Waals surface area contributed by atoms with Crippen LogP contribution < -0.4 is 18.3 Å². The smallest absolute Gasteiger partial charge is 0.227 e. The Morgan fingerprint density at radius 3 is 1.11 bits per heavy atom. The van der Waals surface area contributed by atoms with E-state index in [2.05, 4.69) is 235 Å². The third-order valence-corrected chi connectivity index (χ3v) is 22.0. The van der Waals surface area contributed by atoms with Crippen molar-refractivity contribution in [3.8, 4) is 45.0 Å². The molecule has 0 amide bonds. The van der Waals surface area contributed by atoms with Crippen LogP contribution in [-0.4, -0.2) is 19.9 Å². The van der Waals surface area contributed by atoms with E-state index in [1.165, 1.54) is 63.9 Å². The number of aromatic nitrogens is 8. The first kappa shape index (κ1) is 61.1. The molecule has 1 aliphatic carbocycles. The molecule has 2 atom stereocenters. The highest BCUT2D eigenvalue weighted by Crippen LogP contribution is 2.43. The van der Waals surface area contributed by atoms with Crippen molar-refractivity contribution in [1.29, 1.82) is 0 Å². The second-order valence-corrected chi connectivity index (χ2v) is 32.1. The topological polar surface area (TPSA) is 120 Å². The normalized spacial score (nSPS) is 17.1. The molecule has 1 aliphatic rings. The third kappa shape index (κ3) is 14.7. The molecule has 4 aromatic carbocycles. The van der Waals surface area contributed by atoms with E-state index in [4.69, 9.17) is 40.5 Å². The fourth-order valence-electron chi connectivity index (χ4n) is 15.4. The molecule has 12 heterocycles. The van der Waals surface area contributed by atoms with Crippen LogP contribution in [0.5, 0.6) is 0 Å². The Morgan fingerprint density at radius 2 is 0.755 bits per heavy atom. The molecule has 12 heteroatoms. The van der Waals surface area contributed by atoms with Crippen LogP contribution in [0.3, 0.4) is 0 Å². The highest BCUT2D eigenvalue weighted by Gasteiger charge is 2.29. The van der Waals surface area contributed by atoms with Gasteiger partial charge in [0.2, 0.25) is 45.6 Å². The summed E-state index contributed by atoms with van der Waals surface area (Å²) in [6.45, 7) is 26.7. The number of benzene rings is 4. The molecule has 12 nitrogen and oxygen atoms in total. The molecule has 562 valence electrons. The summed E-state index contributed by atoms with van der Waals surface area (Å²) in [6.07, 6.45) is 8.30. The van der Waals surface area contributed by atoms with Crippen molar-refractivity contribution >= 4 is 88.3 Å². The van der Waals surface area contributed by atoms with Gasteiger partial charge in [0.05, 0.1) is 22.3 Å². The van der Waals surface area contributed by atoms with Crippen LogP contribution in [0.2, 0.25) is 0 Å². The molecule has 1 saturated carbocycles. The van der Waals surface area contributed by atoms with Gasteiger partial charge in [-0.1, -0.05) is 117 Å². The second-order valence-electron chi connectivity index (χ2n) is 32.1. The van der Waals surface area contributed by atoms with Crippen molar-refractivity contribution in [2.24, 2.45) is 39.5 Å². The fourth-order valence-corrected chi connectivity index (χ4v) is 15.4. The van der Waals surface area contributed by atoms with Gasteiger partial charge in [0, 0.05) is 142 Å². The molecule has 110 heavy (non-hydrogen) atoms. The van der Waals surface area contributed by atoms with E-state index in [9.17, 15) is 0 Å². The summed E-state index contributed by atoms with van der Waals surface area (Å²) < 4.78 is 137. The summed E-state index contributed by atoms with van der Waals surface area (Å²) >= 11 is 0. The Hall–Kier alpha value is -10.7. The van der Waals surface area contributed by atoms with E-state index >= 15 is 0 Å². The molecule has 0 bridgehead atoms. The van der Waals surface area contributed by atoms with E-state index in [1.807, 2.05) is 64.5 Å². The van der Waals surface area contributed by atoms with Gasteiger partial charge in [-0.25, -0.2) is 38.2 Å². The zero-order chi connectivity index (χ0) is 89.6. The minimum atomic E-state index is -2.68. The van der Waals surface area contributed by atoms with Gasteiger partial charge in [-0.15, -0.1) is 0 Å². The lowest BCUT2D eigenvalue weighted by Crippen LogP contribution is -2.31. The zero-order valence-electron chi connectivity index (χ0n) is 80.6. The van der Waals surface area contributed by atoms with E-state index < -0.39 is 44.1 Å². The van der Waals surface area contributed by atoms with Crippen LogP contribution in [0.4, 0.5) is 0 Å². The number of aryl methyl sites for hydroxylation is 16. The molecule has 0 aliphatic heterocycles. The molecule has 16 aromatic rings. The monoisotopic (exact) mass is 1480 g/mol. The summed E-state index contributed by atoms with van der Waals surface area (Å²) in [6, 6.07) is 40.7. The summed E-state index contributed by atoms with van der Waals surface area (Å²) in [5, 5.41) is 7.64. The van der Waals surface area contributed by atoms with Crippen LogP contribution in [0.25, 0.3) is 133 Å². The van der Waals surface area contributed by atoms with Gasteiger partial charge in [0.25, 0.3) is 0 Å². The van der Waals surface area contributed by atoms with Crippen molar-refractivity contribution in [1.82, 2.24) is 19.9 Å². The maximum atomic E-state index is 8.83. The first-order chi connectivity index (χ1) is 57.3. The van der Waals surface area contributed by atoms with E-state index in [1.54, 1.807) is 12.1 Å². The van der Waals surface area contributed by atoms with Crippen LogP contribution in [0.1, 0.15) is 194 Å². The molecule has 12 aromatic heterocycles. The van der Waals surface area contributed by atoms with Crippen LogP contribution in [0.15, 0.2) is 164 Å². The highest BCUT2D eigenvalue weighted by molar-refractivity contribution is 6.12. The van der Waals surface area contributed by atoms with Crippen molar-refractivity contribution in [2.45, 2.75) is 188 Å². The van der Waals surface area contributed by atoms with Gasteiger partial charge in [-0.05, 0) is 213 Å². The van der Waals surface area contributed by atoms with Crippen LogP contribution >= 0.6 is 0 Å². The van der Waals surface area contributed by atoms with Gasteiger partial charge in [-0.3, -0.25) is 0 Å². The number of hydrogen-bond donors (Lipinski definition) is 0. The van der Waals surface area contributed by atoms with Gasteiger partial charge in [0.15, 0.2) is 47.1 Å². The lowest BCUT2D eigenvalue weighted by atomic mass is 9.90. The molecule has 17 rings (SSSR count). The lowest BCUT2D eigenvalue weighted by Gasteiger charge is -2.16.